The van der Waals surface area contributed by atoms with E-state index >= 15 is 0 Å². The Morgan fingerprint density at radius 2 is 1.71 bits per heavy atom. The average molecular weight is 335 g/mol. The van der Waals surface area contributed by atoms with E-state index in [0.717, 1.165) is 5.56 Å². The van der Waals surface area contributed by atoms with Crippen LogP contribution in [-0.4, -0.2) is 33.0 Å². The lowest BCUT2D eigenvalue weighted by atomic mass is 10.1. The lowest BCUT2D eigenvalue weighted by Crippen LogP contribution is -2.21. The van der Waals surface area contributed by atoms with Crippen LogP contribution in [0.3, 0.4) is 0 Å². The molecule has 0 aliphatic rings. The molecule has 0 unspecified atom stereocenters. The second kappa shape index (κ2) is 8.52. The Hall–Kier alpha value is -2.31. The smallest absolute Gasteiger partial charge is 0.203 e. The monoisotopic (exact) mass is 335 g/mol. The zero-order chi connectivity index (χ0) is 17.5. The SMILES string of the molecule is COc1cc(CNC[C@H](O)c2cccc(F)c2)cc(OC)c1OC. The standard InChI is InChI=1S/C18H22FNO4/c1-22-16-7-12(8-17(23-2)18(16)24-3)10-20-11-15(21)13-5-4-6-14(19)9-13/h4-9,15,20-21H,10-11H2,1-3H3/t15-/m0/s1. The third kappa shape index (κ3) is 4.37. The number of halogens is 1. The number of aliphatic hydroxyl groups is 1. The van der Waals surface area contributed by atoms with Crippen molar-refractivity contribution in [2.75, 3.05) is 27.9 Å². The maximum absolute atomic E-state index is 13.2. The maximum atomic E-state index is 13.2. The minimum absolute atomic E-state index is 0.292. The molecule has 5 nitrogen and oxygen atoms in total. The molecule has 2 rings (SSSR count). The van der Waals surface area contributed by atoms with Gasteiger partial charge in [-0.3, -0.25) is 0 Å². The molecule has 0 radical (unpaired) electrons. The lowest BCUT2D eigenvalue weighted by Gasteiger charge is -2.15. The first-order valence-corrected chi connectivity index (χ1v) is 7.52. The number of rotatable bonds is 8. The Balaban J connectivity index is 2.01. The van der Waals surface area contributed by atoms with Crippen LogP contribution in [0.1, 0.15) is 17.2 Å². The molecule has 0 bridgehead atoms. The highest BCUT2D eigenvalue weighted by Gasteiger charge is 2.13. The molecule has 24 heavy (non-hydrogen) atoms. The predicted octanol–water partition coefficient (Wildman–Crippen LogP) is 2.67. The molecule has 2 aromatic rings. The van der Waals surface area contributed by atoms with Gasteiger partial charge in [-0.25, -0.2) is 4.39 Å². The van der Waals surface area contributed by atoms with Crippen molar-refractivity contribution in [3.63, 3.8) is 0 Å². The minimum Gasteiger partial charge on any atom is -0.493 e. The Bertz CT molecular complexity index is 653. The number of hydrogen-bond acceptors (Lipinski definition) is 5. The van der Waals surface area contributed by atoms with Crippen LogP contribution in [-0.2, 0) is 6.54 Å². The Morgan fingerprint density at radius 3 is 2.25 bits per heavy atom. The van der Waals surface area contributed by atoms with Gasteiger partial charge in [0.1, 0.15) is 5.82 Å². The molecule has 0 fully saturated rings. The van der Waals surface area contributed by atoms with Gasteiger partial charge in [0.2, 0.25) is 5.75 Å². The predicted molar refractivity (Wildman–Crippen MR) is 89.2 cm³/mol. The number of methoxy groups -OCH3 is 3. The number of nitrogens with one attached hydrogen (secondary N) is 1. The summed E-state index contributed by atoms with van der Waals surface area (Å²) in [5, 5.41) is 13.2. The Kier molecular flexibility index (Phi) is 6.40. The summed E-state index contributed by atoms with van der Waals surface area (Å²) in [5.74, 6) is 1.30. The van der Waals surface area contributed by atoms with Crippen LogP contribution in [0, 0.1) is 5.82 Å². The van der Waals surface area contributed by atoms with Crippen LogP contribution in [0.2, 0.25) is 0 Å². The van der Waals surface area contributed by atoms with Crippen molar-refractivity contribution in [3.05, 3.63) is 53.3 Å². The molecule has 2 N–H and O–H groups in total. The number of benzene rings is 2. The molecular formula is C18H22FNO4. The molecule has 0 amide bonds. The lowest BCUT2D eigenvalue weighted by molar-refractivity contribution is 0.174. The first kappa shape index (κ1) is 18.0. The Morgan fingerprint density at radius 1 is 1.04 bits per heavy atom. The van der Waals surface area contributed by atoms with Crippen LogP contribution >= 0.6 is 0 Å². The van der Waals surface area contributed by atoms with Crippen molar-refractivity contribution in [2.45, 2.75) is 12.6 Å². The van der Waals surface area contributed by atoms with Gasteiger partial charge in [-0.1, -0.05) is 12.1 Å². The summed E-state index contributed by atoms with van der Waals surface area (Å²) < 4.78 is 29.1. The molecule has 0 aliphatic carbocycles. The van der Waals surface area contributed by atoms with E-state index < -0.39 is 6.10 Å². The third-order valence-electron chi connectivity index (χ3n) is 3.62. The zero-order valence-corrected chi connectivity index (χ0v) is 14.0. The number of ether oxygens (including phenoxy) is 3. The van der Waals surface area contributed by atoms with Gasteiger partial charge < -0.3 is 24.6 Å². The van der Waals surface area contributed by atoms with Gasteiger partial charge in [0.25, 0.3) is 0 Å². The van der Waals surface area contributed by atoms with E-state index in [0.29, 0.717) is 35.9 Å². The summed E-state index contributed by atoms with van der Waals surface area (Å²) in [7, 11) is 4.66. The zero-order valence-electron chi connectivity index (χ0n) is 14.0. The quantitative estimate of drug-likeness (QED) is 0.777. The first-order valence-electron chi connectivity index (χ1n) is 7.52. The summed E-state index contributed by atoms with van der Waals surface area (Å²) in [6.45, 7) is 0.781. The fraction of sp³-hybridized carbons (Fsp3) is 0.333. The van der Waals surface area contributed by atoms with E-state index in [1.54, 1.807) is 33.5 Å². The van der Waals surface area contributed by atoms with Crippen molar-refractivity contribution in [3.8, 4) is 17.2 Å². The molecule has 0 aromatic heterocycles. The van der Waals surface area contributed by atoms with Crippen LogP contribution in [0.5, 0.6) is 17.2 Å². The third-order valence-corrected chi connectivity index (χ3v) is 3.62. The fourth-order valence-electron chi connectivity index (χ4n) is 2.42. The molecular weight excluding hydrogens is 313 g/mol. The van der Waals surface area contributed by atoms with E-state index in [1.807, 2.05) is 12.1 Å². The van der Waals surface area contributed by atoms with Crippen LogP contribution in [0.4, 0.5) is 4.39 Å². The highest BCUT2D eigenvalue weighted by Crippen LogP contribution is 2.38. The van der Waals surface area contributed by atoms with Crippen molar-refractivity contribution in [1.82, 2.24) is 5.32 Å². The molecule has 6 heteroatoms. The Labute approximate surface area is 141 Å². The van der Waals surface area contributed by atoms with Gasteiger partial charge in [-0.15, -0.1) is 0 Å². The molecule has 0 aliphatic heterocycles. The minimum atomic E-state index is -0.789. The fourth-order valence-corrected chi connectivity index (χ4v) is 2.42. The van der Waals surface area contributed by atoms with Crippen LogP contribution < -0.4 is 19.5 Å². The van der Waals surface area contributed by atoms with Crippen LogP contribution in [0.15, 0.2) is 36.4 Å². The normalized spacial score (nSPS) is 11.9. The molecule has 0 saturated heterocycles. The van der Waals surface area contributed by atoms with Crippen molar-refractivity contribution in [2.24, 2.45) is 0 Å². The summed E-state index contributed by atoms with van der Waals surface area (Å²) in [5.41, 5.74) is 1.45. The second-order valence-corrected chi connectivity index (χ2v) is 5.24. The highest BCUT2D eigenvalue weighted by atomic mass is 19.1. The van der Waals surface area contributed by atoms with E-state index in [2.05, 4.69) is 5.32 Å². The summed E-state index contributed by atoms with van der Waals surface area (Å²) in [6.07, 6.45) is -0.789. The van der Waals surface area contributed by atoms with Crippen LogP contribution in [0.25, 0.3) is 0 Å². The van der Waals surface area contributed by atoms with E-state index in [-0.39, 0.29) is 5.82 Å². The van der Waals surface area contributed by atoms with Gasteiger partial charge in [0.15, 0.2) is 11.5 Å². The van der Waals surface area contributed by atoms with E-state index in [9.17, 15) is 9.50 Å². The molecule has 0 spiro atoms. The van der Waals surface area contributed by atoms with Gasteiger partial charge in [-0.05, 0) is 35.4 Å². The van der Waals surface area contributed by atoms with Crippen molar-refractivity contribution in [1.29, 1.82) is 0 Å². The van der Waals surface area contributed by atoms with Crippen molar-refractivity contribution < 1.29 is 23.7 Å². The summed E-state index contributed by atoms with van der Waals surface area (Å²) >= 11 is 0. The van der Waals surface area contributed by atoms with E-state index in [1.165, 1.54) is 12.1 Å². The second-order valence-electron chi connectivity index (χ2n) is 5.24. The highest BCUT2D eigenvalue weighted by molar-refractivity contribution is 5.53. The topological polar surface area (TPSA) is 60.0 Å². The number of hydrogen-bond donors (Lipinski definition) is 2. The summed E-state index contributed by atoms with van der Waals surface area (Å²) in [4.78, 5) is 0. The van der Waals surface area contributed by atoms with Gasteiger partial charge in [0, 0.05) is 13.1 Å². The van der Waals surface area contributed by atoms with Gasteiger partial charge >= 0.3 is 0 Å². The summed E-state index contributed by atoms with van der Waals surface area (Å²) in [6, 6.07) is 9.61. The largest absolute Gasteiger partial charge is 0.493 e. The molecule has 0 heterocycles. The molecule has 0 saturated carbocycles. The average Bonchev–Trinajstić information content (AvgIpc) is 2.60. The molecule has 2 aromatic carbocycles. The molecule has 130 valence electrons. The van der Waals surface area contributed by atoms with Crippen molar-refractivity contribution >= 4 is 0 Å². The maximum Gasteiger partial charge on any atom is 0.203 e. The molecule has 1 atom stereocenters. The van der Waals surface area contributed by atoms with Gasteiger partial charge in [0.05, 0.1) is 27.4 Å². The first-order chi connectivity index (χ1) is 11.6. The van der Waals surface area contributed by atoms with E-state index in [4.69, 9.17) is 14.2 Å². The number of aliphatic hydroxyl groups excluding tert-OH is 1. The van der Waals surface area contributed by atoms with Gasteiger partial charge in [-0.2, -0.15) is 0 Å².